The molecule has 0 aliphatic carbocycles. The summed E-state index contributed by atoms with van der Waals surface area (Å²) in [7, 11) is 4.67. The van der Waals surface area contributed by atoms with E-state index >= 15 is 0 Å². The Morgan fingerprint density at radius 2 is 1.52 bits per heavy atom. The fourth-order valence-electron chi connectivity index (χ4n) is 5.36. The maximum atomic E-state index is 14.5. The summed E-state index contributed by atoms with van der Waals surface area (Å²) in [5, 5.41) is 0. The molecule has 1 amide bonds. The van der Waals surface area contributed by atoms with Gasteiger partial charge < -0.3 is 28.9 Å². The Balaban J connectivity index is 1.50. The molecule has 0 bridgehead atoms. The van der Waals surface area contributed by atoms with Crippen LogP contribution in [0.2, 0.25) is 0 Å². The molecule has 40 heavy (non-hydrogen) atoms. The number of ether oxygens (including phenoxy) is 3. The first kappa shape index (κ1) is 27.5. The van der Waals surface area contributed by atoms with Gasteiger partial charge in [-0.3, -0.25) is 4.79 Å². The molecular weight excluding hydrogens is 513 g/mol. The number of piperazine rings is 1. The standard InChI is InChI=1S/C30H36FN5O4/c1-20-9-11-36(12-10-20)30(37)22-19-32-28(21-17-25(38-2)27(40-4)26(18-21)39-3)33-29(22)35-15-13-34(14-16-35)24-8-6-5-7-23(24)31/h5-8,17-20H,9-16H2,1-4H3. The van der Waals surface area contributed by atoms with Gasteiger partial charge in [0.1, 0.15) is 17.2 Å². The maximum Gasteiger partial charge on any atom is 0.259 e. The van der Waals surface area contributed by atoms with Gasteiger partial charge >= 0.3 is 0 Å². The van der Waals surface area contributed by atoms with Gasteiger partial charge in [0.05, 0.1) is 27.0 Å². The molecule has 212 valence electrons. The molecule has 2 aromatic carbocycles. The zero-order valence-corrected chi connectivity index (χ0v) is 23.5. The summed E-state index contributed by atoms with van der Waals surface area (Å²) in [4.78, 5) is 29.3. The van der Waals surface area contributed by atoms with Crippen molar-refractivity contribution in [2.24, 2.45) is 5.92 Å². The van der Waals surface area contributed by atoms with E-state index in [0.717, 1.165) is 25.9 Å². The molecule has 0 N–H and O–H groups in total. The van der Waals surface area contributed by atoms with E-state index in [1.54, 1.807) is 51.8 Å². The first-order valence-electron chi connectivity index (χ1n) is 13.6. The average Bonchev–Trinajstić information content (AvgIpc) is 3.00. The van der Waals surface area contributed by atoms with Gasteiger partial charge in [-0.2, -0.15) is 0 Å². The predicted molar refractivity (Wildman–Crippen MR) is 152 cm³/mol. The second kappa shape index (κ2) is 12.0. The van der Waals surface area contributed by atoms with Crippen LogP contribution < -0.4 is 24.0 Å². The van der Waals surface area contributed by atoms with Crippen LogP contribution in [0.4, 0.5) is 15.9 Å². The van der Waals surface area contributed by atoms with Gasteiger partial charge in [-0.15, -0.1) is 0 Å². The number of amides is 1. The second-order valence-corrected chi connectivity index (χ2v) is 10.2. The number of piperidine rings is 1. The molecule has 0 spiro atoms. The first-order chi connectivity index (χ1) is 19.4. The molecule has 2 aliphatic rings. The molecule has 3 aromatic rings. The number of hydrogen-bond acceptors (Lipinski definition) is 8. The zero-order chi connectivity index (χ0) is 28.2. The van der Waals surface area contributed by atoms with Gasteiger partial charge in [-0.1, -0.05) is 19.1 Å². The lowest BCUT2D eigenvalue weighted by Gasteiger charge is -2.38. The van der Waals surface area contributed by atoms with E-state index in [2.05, 4.69) is 16.8 Å². The first-order valence-corrected chi connectivity index (χ1v) is 13.6. The van der Waals surface area contributed by atoms with Crippen molar-refractivity contribution in [3.05, 3.63) is 54.0 Å². The van der Waals surface area contributed by atoms with Crippen LogP contribution in [0.5, 0.6) is 17.2 Å². The van der Waals surface area contributed by atoms with E-state index in [0.29, 0.717) is 77.8 Å². The van der Waals surface area contributed by atoms with Crippen molar-refractivity contribution in [2.45, 2.75) is 19.8 Å². The minimum atomic E-state index is -0.238. The smallest absolute Gasteiger partial charge is 0.259 e. The topological polar surface area (TPSA) is 80.3 Å². The molecule has 0 unspecified atom stereocenters. The molecule has 2 fully saturated rings. The third-order valence-corrected chi connectivity index (χ3v) is 7.77. The largest absolute Gasteiger partial charge is 0.493 e. The van der Waals surface area contributed by atoms with Crippen LogP contribution in [0.3, 0.4) is 0 Å². The minimum Gasteiger partial charge on any atom is -0.493 e. The van der Waals surface area contributed by atoms with Crippen molar-refractivity contribution >= 4 is 17.4 Å². The van der Waals surface area contributed by atoms with E-state index in [1.165, 1.54) is 6.07 Å². The second-order valence-electron chi connectivity index (χ2n) is 10.2. The summed E-state index contributed by atoms with van der Waals surface area (Å²) in [6, 6.07) is 10.4. The highest BCUT2D eigenvalue weighted by Crippen LogP contribution is 2.41. The predicted octanol–water partition coefficient (Wildman–Crippen LogP) is 4.51. The van der Waals surface area contributed by atoms with Crippen LogP contribution in [-0.2, 0) is 0 Å². The molecule has 10 heteroatoms. The number of methoxy groups -OCH3 is 3. The Hall–Kier alpha value is -4.08. The summed E-state index contributed by atoms with van der Waals surface area (Å²) in [5.74, 6) is 2.78. The number of anilines is 2. The summed E-state index contributed by atoms with van der Waals surface area (Å²) in [5.41, 5.74) is 1.73. The molecule has 1 aromatic heterocycles. The van der Waals surface area contributed by atoms with Gasteiger partial charge in [-0.05, 0) is 43.0 Å². The lowest BCUT2D eigenvalue weighted by Crippen LogP contribution is -2.48. The van der Waals surface area contributed by atoms with E-state index in [1.807, 2.05) is 15.9 Å². The van der Waals surface area contributed by atoms with Crippen LogP contribution in [0.25, 0.3) is 11.4 Å². The monoisotopic (exact) mass is 549 g/mol. The number of aromatic nitrogens is 2. The van der Waals surface area contributed by atoms with Gasteiger partial charge in [0.25, 0.3) is 5.91 Å². The van der Waals surface area contributed by atoms with Crippen LogP contribution in [0.15, 0.2) is 42.6 Å². The van der Waals surface area contributed by atoms with E-state index in [-0.39, 0.29) is 11.7 Å². The zero-order valence-electron chi connectivity index (χ0n) is 23.5. The van der Waals surface area contributed by atoms with Crippen molar-refractivity contribution in [2.75, 3.05) is 70.4 Å². The normalized spacial score (nSPS) is 16.2. The number of benzene rings is 2. The number of para-hydroxylation sites is 1. The summed E-state index contributed by atoms with van der Waals surface area (Å²) < 4.78 is 31.0. The number of halogens is 1. The van der Waals surface area contributed by atoms with Crippen molar-refractivity contribution < 1.29 is 23.4 Å². The van der Waals surface area contributed by atoms with E-state index in [4.69, 9.17) is 19.2 Å². The quantitative estimate of drug-likeness (QED) is 0.426. The summed E-state index contributed by atoms with van der Waals surface area (Å²) in [6.07, 6.45) is 3.59. The Labute approximate surface area is 234 Å². The third kappa shape index (κ3) is 5.48. The fourth-order valence-corrected chi connectivity index (χ4v) is 5.36. The molecule has 9 nitrogen and oxygen atoms in total. The molecule has 0 saturated carbocycles. The number of carbonyl (C=O) groups excluding carboxylic acids is 1. The van der Waals surface area contributed by atoms with Gasteiger partial charge in [0.15, 0.2) is 17.3 Å². The van der Waals surface area contributed by atoms with Gasteiger partial charge in [0, 0.05) is 51.0 Å². The molecule has 0 atom stereocenters. The van der Waals surface area contributed by atoms with Crippen molar-refractivity contribution in [1.29, 1.82) is 0 Å². The Morgan fingerprint density at radius 1 is 0.900 bits per heavy atom. The van der Waals surface area contributed by atoms with Crippen LogP contribution in [0.1, 0.15) is 30.1 Å². The molecular formula is C30H36FN5O4. The van der Waals surface area contributed by atoms with Crippen molar-refractivity contribution in [3.8, 4) is 28.6 Å². The molecule has 2 saturated heterocycles. The number of carbonyl (C=O) groups is 1. The Bertz CT molecular complexity index is 1330. The number of rotatable bonds is 7. The number of likely N-dealkylation sites (tertiary alicyclic amines) is 1. The van der Waals surface area contributed by atoms with Crippen LogP contribution in [0, 0.1) is 11.7 Å². The average molecular weight is 550 g/mol. The minimum absolute atomic E-state index is 0.0603. The molecule has 2 aliphatic heterocycles. The Kier molecular flexibility index (Phi) is 8.23. The Morgan fingerprint density at radius 3 is 2.12 bits per heavy atom. The van der Waals surface area contributed by atoms with Crippen LogP contribution in [-0.4, -0.2) is 81.4 Å². The fraction of sp³-hybridized carbons (Fsp3) is 0.433. The summed E-state index contributed by atoms with van der Waals surface area (Å²) >= 11 is 0. The SMILES string of the molecule is COc1cc(-c2ncc(C(=O)N3CCC(C)CC3)c(N3CCN(c4ccccc4F)CC3)n2)cc(OC)c1OC. The molecule has 5 rings (SSSR count). The van der Waals surface area contributed by atoms with Gasteiger partial charge in [0.2, 0.25) is 5.75 Å². The van der Waals surface area contributed by atoms with Crippen molar-refractivity contribution in [1.82, 2.24) is 14.9 Å². The number of nitrogens with zero attached hydrogens (tertiary/aromatic N) is 5. The van der Waals surface area contributed by atoms with Crippen molar-refractivity contribution in [3.63, 3.8) is 0 Å². The third-order valence-electron chi connectivity index (χ3n) is 7.77. The molecule has 0 radical (unpaired) electrons. The van der Waals surface area contributed by atoms with Gasteiger partial charge in [-0.25, -0.2) is 14.4 Å². The van der Waals surface area contributed by atoms with Crippen LogP contribution >= 0.6 is 0 Å². The lowest BCUT2D eigenvalue weighted by molar-refractivity contribution is 0.0697. The highest BCUT2D eigenvalue weighted by Gasteiger charge is 2.29. The maximum absolute atomic E-state index is 14.5. The van der Waals surface area contributed by atoms with E-state index < -0.39 is 0 Å². The number of hydrogen-bond donors (Lipinski definition) is 0. The highest BCUT2D eigenvalue weighted by molar-refractivity contribution is 5.99. The van der Waals surface area contributed by atoms with E-state index in [9.17, 15) is 9.18 Å². The highest BCUT2D eigenvalue weighted by atomic mass is 19.1. The molecule has 3 heterocycles. The lowest BCUT2D eigenvalue weighted by atomic mass is 9.99. The summed E-state index contributed by atoms with van der Waals surface area (Å²) in [6.45, 7) is 6.01.